The summed E-state index contributed by atoms with van der Waals surface area (Å²) in [4.78, 5) is 0. The van der Waals surface area contributed by atoms with Crippen LogP contribution >= 0.6 is 28.1 Å². The third-order valence-corrected chi connectivity index (χ3v) is 3.34. The van der Waals surface area contributed by atoms with Gasteiger partial charge in [0.1, 0.15) is 11.5 Å². The van der Waals surface area contributed by atoms with Gasteiger partial charge in [0.2, 0.25) is 0 Å². The van der Waals surface area contributed by atoms with Crippen LogP contribution in [0.2, 0.25) is 0 Å². The van der Waals surface area contributed by atoms with Crippen LogP contribution in [-0.4, -0.2) is 11.7 Å². The molecule has 3 nitrogen and oxygen atoms in total. The standard InChI is InChI=1S/C16H15BrN2OS/c1-2-11-18-16(21)19-13-5-9-15(10-6-13)20-14-7-3-12(17)4-8-14/h2-10H,1,11H2,(H2,18,19,21). The zero-order chi connectivity index (χ0) is 15.1. The number of anilines is 1. The fraction of sp³-hybridized carbons (Fsp3) is 0.0625. The summed E-state index contributed by atoms with van der Waals surface area (Å²) in [6, 6.07) is 15.3. The Kier molecular flexibility index (Phi) is 5.78. The lowest BCUT2D eigenvalue weighted by Gasteiger charge is -2.10. The van der Waals surface area contributed by atoms with Crippen LogP contribution in [0.15, 0.2) is 65.7 Å². The topological polar surface area (TPSA) is 33.3 Å². The average Bonchev–Trinajstić information content (AvgIpc) is 2.49. The Morgan fingerprint density at radius 3 is 2.24 bits per heavy atom. The number of hydrogen-bond donors (Lipinski definition) is 2. The molecule has 0 aromatic heterocycles. The first-order valence-corrected chi connectivity index (χ1v) is 7.57. The second-order valence-corrected chi connectivity index (χ2v) is 5.53. The maximum absolute atomic E-state index is 5.75. The Labute approximate surface area is 138 Å². The number of rotatable bonds is 5. The Bertz CT molecular complexity index is 611. The lowest BCUT2D eigenvalue weighted by Crippen LogP contribution is -2.28. The van der Waals surface area contributed by atoms with Gasteiger partial charge in [0.15, 0.2) is 5.11 Å². The van der Waals surface area contributed by atoms with Crippen molar-refractivity contribution in [2.75, 3.05) is 11.9 Å². The van der Waals surface area contributed by atoms with E-state index in [1.54, 1.807) is 6.08 Å². The lowest BCUT2D eigenvalue weighted by molar-refractivity contribution is 0.482. The predicted molar refractivity (Wildman–Crippen MR) is 95.1 cm³/mol. The maximum atomic E-state index is 5.75. The largest absolute Gasteiger partial charge is 0.457 e. The highest BCUT2D eigenvalue weighted by Crippen LogP contribution is 2.24. The average molecular weight is 363 g/mol. The summed E-state index contributed by atoms with van der Waals surface area (Å²) >= 11 is 8.54. The van der Waals surface area contributed by atoms with Gasteiger partial charge in [0.05, 0.1) is 0 Å². The first-order chi connectivity index (χ1) is 10.2. The number of hydrogen-bond acceptors (Lipinski definition) is 2. The van der Waals surface area contributed by atoms with Crippen molar-refractivity contribution >= 4 is 38.9 Å². The second kappa shape index (κ2) is 7.81. The van der Waals surface area contributed by atoms with Gasteiger partial charge in [-0.05, 0) is 60.7 Å². The van der Waals surface area contributed by atoms with Gasteiger partial charge in [-0.15, -0.1) is 6.58 Å². The summed E-state index contributed by atoms with van der Waals surface area (Å²) in [5.41, 5.74) is 0.903. The van der Waals surface area contributed by atoms with Gasteiger partial charge in [0, 0.05) is 16.7 Å². The van der Waals surface area contributed by atoms with Crippen LogP contribution in [0.5, 0.6) is 11.5 Å². The zero-order valence-electron chi connectivity index (χ0n) is 11.3. The van der Waals surface area contributed by atoms with Gasteiger partial charge in [-0.25, -0.2) is 0 Å². The first-order valence-electron chi connectivity index (χ1n) is 6.36. The molecule has 21 heavy (non-hydrogen) atoms. The van der Waals surface area contributed by atoms with Crippen LogP contribution in [0.25, 0.3) is 0 Å². The third-order valence-electron chi connectivity index (χ3n) is 2.57. The molecule has 0 fully saturated rings. The Morgan fingerprint density at radius 1 is 1.10 bits per heavy atom. The first kappa shape index (κ1) is 15.5. The SMILES string of the molecule is C=CCNC(=S)Nc1ccc(Oc2ccc(Br)cc2)cc1. The number of benzene rings is 2. The third kappa shape index (κ3) is 5.21. The van der Waals surface area contributed by atoms with Crippen molar-refractivity contribution in [3.05, 3.63) is 65.7 Å². The van der Waals surface area contributed by atoms with Gasteiger partial charge in [-0.1, -0.05) is 22.0 Å². The van der Waals surface area contributed by atoms with Crippen molar-refractivity contribution in [3.8, 4) is 11.5 Å². The molecule has 2 N–H and O–H groups in total. The second-order valence-electron chi connectivity index (χ2n) is 4.20. The molecule has 0 bridgehead atoms. The molecule has 0 atom stereocenters. The highest BCUT2D eigenvalue weighted by molar-refractivity contribution is 9.10. The van der Waals surface area contributed by atoms with E-state index in [0.29, 0.717) is 11.7 Å². The van der Waals surface area contributed by atoms with Crippen molar-refractivity contribution in [1.82, 2.24) is 5.32 Å². The van der Waals surface area contributed by atoms with Crippen LogP contribution in [0.4, 0.5) is 5.69 Å². The summed E-state index contributed by atoms with van der Waals surface area (Å²) in [7, 11) is 0. The van der Waals surface area contributed by atoms with Gasteiger partial charge in [-0.3, -0.25) is 0 Å². The van der Waals surface area contributed by atoms with E-state index in [1.807, 2.05) is 48.5 Å². The summed E-state index contributed by atoms with van der Waals surface area (Å²) in [5, 5.41) is 6.66. The predicted octanol–water partition coefficient (Wildman–Crippen LogP) is 4.71. The monoisotopic (exact) mass is 362 g/mol. The molecule has 2 aromatic carbocycles. The minimum Gasteiger partial charge on any atom is -0.457 e. The number of thiocarbonyl (C=S) groups is 1. The van der Waals surface area contributed by atoms with Crippen LogP contribution in [-0.2, 0) is 0 Å². The number of ether oxygens (including phenoxy) is 1. The van der Waals surface area contributed by atoms with E-state index >= 15 is 0 Å². The summed E-state index contributed by atoms with van der Waals surface area (Å²) in [6.07, 6.45) is 1.75. The van der Waals surface area contributed by atoms with E-state index in [1.165, 1.54) is 0 Å². The Hall–Kier alpha value is -1.85. The van der Waals surface area contributed by atoms with Crippen molar-refractivity contribution < 1.29 is 4.74 Å². The quantitative estimate of drug-likeness (QED) is 0.595. The fourth-order valence-corrected chi connectivity index (χ4v) is 2.05. The van der Waals surface area contributed by atoms with E-state index in [4.69, 9.17) is 17.0 Å². The van der Waals surface area contributed by atoms with E-state index in [-0.39, 0.29) is 0 Å². The zero-order valence-corrected chi connectivity index (χ0v) is 13.7. The molecule has 0 radical (unpaired) electrons. The molecule has 0 amide bonds. The molecule has 0 aliphatic carbocycles. The molecule has 5 heteroatoms. The molecule has 0 saturated carbocycles. The van der Waals surface area contributed by atoms with Crippen LogP contribution in [0.3, 0.4) is 0 Å². The number of nitrogens with one attached hydrogen (secondary N) is 2. The van der Waals surface area contributed by atoms with E-state index in [0.717, 1.165) is 21.7 Å². The number of halogens is 1. The summed E-state index contributed by atoms with van der Waals surface area (Å²) < 4.78 is 6.77. The van der Waals surface area contributed by atoms with Crippen molar-refractivity contribution in [2.45, 2.75) is 0 Å². The van der Waals surface area contributed by atoms with Gasteiger partial charge >= 0.3 is 0 Å². The molecule has 2 aromatic rings. The molecule has 0 saturated heterocycles. The molecule has 0 spiro atoms. The highest BCUT2D eigenvalue weighted by atomic mass is 79.9. The molecule has 0 aliphatic rings. The summed E-state index contributed by atoms with van der Waals surface area (Å²) in [5.74, 6) is 1.56. The Balaban J connectivity index is 1.94. The minimum atomic E-state index is 0.566. The Morgan fingerprint density at radius 2 is 1.67 bits per heavy atom. The lowest BCUT2D eigenvalue weighted by atomic mass is 10.3. The van der Waals surface area contributed by atoms with Gasteiger partial charge in [-0.2, -0.15) is 0 Å². The van der Waals surface area contributed by atoms with Gasteiger partial charge < -0.3 is 15.4 Å². The molecule has 0 unspecified atom stereocenters. The van der Waals surface area contributed by atoms with Crippen molar-refractivity contribution in [2.24, 2.45) is 0 Å². The fourth-order valence-electron chi connectivity index (χ4n) is 1.59. The minimum absolute atomic E-state index is 0.566. The van der Waals surface area contributed by atoms with Crippen molar-refractivity contribution in [1.29, 1.82) is 0 Å². The van der Waals surface area contributed by atoms with Crippen LogP contribution < -0.4 is 15.4 Å². The highest BCUT2D eigenvalue weighted by Gasteiger charge is 1.99. The smallest absolute Gasteiger partial charge is 0.171 e. The molecule has 0 aliphatic heterocycles. The van der Waals surface area contributed by atoms with Gasteiger partial charge in [0.25, 0.3) is 0 Å². The molecule has 108 valence electrons. The van der Waals surface area contributed by atoms with Crippen molar-refractivity contribution in [3.63, 3.8) is 0 Å². The van der Waals surface area contributed by atoms with E-state index < -0.39 is 0 Å². The van der Waals surface area contributed by atoms with Crippen LogP contribution in [0.1, 0.15) is 0 Å². The maximum Gasteiger partial charge on any atom is 0.171 e. The molecular weight excluding hydrogens is 348 g/mol. The summed E-state index contributed by atoms with van der Waals surface area (Å²) in [6.45, 7) is 4.26. The molecule has 0 heterocycles. The van der Waals surface area contributed by atoms with E-state index in [2.05, 4.69) is 33.1 Å². The van der Waals surface area contributed by atoms with Crippen LogP contribution in [0, 0.1) is 0 Å². The molecule has 2 rings (SSSR count). The van der Waals surface area contributed by atoms with E-state index in [9.17, 15) is 0 Å². The molecular formula is C16H15BrN2OS. The normalized spacial score (nSPS) is 9.76.